The number of amides is 1. The van der Waals surface area contributed by atoms with Gasteiger partial charge in [0.25, 0.3) is 5.91 Å². The number of rotatable bonds is 3. The van der Waals surface area contributed by atoms with Crippen LogP contribution in [0.25, 0.3) is 0 Å². The zero-order valence-electron chi connectivity index (χ0n) is 9.13. The van der Waals surface area contributed by atoms with Gasteiger partial charge in [0.2, 0.25) is 0 Å². The Hall–Kier alpha value is -0.940. The minimum Gasteiger partial charge on any atom is -0.396 e. The fourth-order valence-corrected chi connectivity index (χ4v) is 2.71. The van der Waals surface area contributed by atoms with Gasteiger partial charge in [-0.05, 0) is 25.7 Å². The van der Waals surface area contributed by atoms with E-state index in [1.165, 1.54) is 11.3 Å². The van der Waals surface area contributed by atoms with Crippen molar-refractivity contribution in [1.29, 1.82) is 0 Å². The Morgan fingerprint density at radius 2 is 2.50 bits per heavy atom. The molecule has 2 rings (SSSR count). The normalized spacial score (nSPS) is 21.1. The van der Waals surface area contributed by atoms with E-state index in [1.54, 1.807) is 10.9 Å². The molecule has 0 radical (unpaired) electrons. The van der Waals surface area contributed by atoms with Crippen molar-refractivity contribution in [2.45, 2.75) is 31.7 Å². The molecule has 1 atom stereocenters. The molecule has 0 saturated carbocycles. The van der Waals surface area contributed by atoms with Gasteiger partial charge in [0.05, 0.1) is 5.51 Å². The Morgan fingerprint density at radius 1 is 1.62 bits per heavy atom. The molecule has 1 unspecified atom stereocenters. The number of nitrogens with zero attached hydrogens (tertiary/aromatic N) is 2. The molecule has 1 aliphatic heterocycles. The summed E-state index contributed by atoms with van der Waals surface area (Å²) in [6.07, 6.45) is 3.87. The number of hydrogen-bond acceptors (Lipinski definition) is 4. The molecule has 0 bridgehead atoms. The van der Waals surface area contributed by atoms with E-state index < -0.39 is 0 Å². The van der Waals surface area contributed by atoms with Gasteiger partial charge in [-0.15, -0.1) is 11.3 Å². The third-order valence-corrected chi connectivity index (χ3v) is 3.59. The molecule has 1 aromatic rings. The second-order valence-electron chi connectivity index (χ2n) is 4.03. The molecule has 0 spiro atoms. The number of likely N-dealkylation sites (tertiary alicyclic amines) is 1. The Morgan fingerprint density at radius 3 is 3.19 bits per heavy atom. The predicted octanol–water partition coefficient (Wildman–Crippen LogP) is 1.52. The first kappa shape index (κ1) is 11.5. The zero-order chi connectivity index (χ0) is 11.4. The lowest BCUT2D eigenvalue weighted by atomic mass is 9.99. The van der Waals surface area contributed by atoms with Gasteiger partial charge < -0.3 is 10.0 Å². The third-order valence-electron chi connectivity index (χ3n) is 3.00. The lowest BCUT2D eigenvalue weighted by molar-refractivity contribution is 0.0569. The van der Waals surface area contributed by atoms with Crippen LogP contribution in [0.15, 0.2) is 10.9 Å². The van der Waals surface area contributed by atoms with Crippen LogP contribution in [0.1, 0.15) is 36.2 Å². The van der Waals surface area contributed by atoms with Gasteiger partial charge in [0, 0.05) is 24.6 Å². The van der Waals surface area contributed by atoms with Gasteiger partial charge in [-0.25, -0.2) is 4.98 Å². The Labute approximate surface area is 98.9 Å². The number of carbonyl (C=O) groups excluding carboxylic acids is 1. The van der Waals surface area contributed by atoms with E-state index in [1.807, 2.05) is 4.90 Å². The van der Waals surface area contributed by atoms with Crippen LogP contribution in [0.4, 0.5) is 0 Å². The first-order chi connectivity index (χ1) is 7.83. The van der Waals surface area contributed by atoms with Crippen molar-refractivity contribution in [2.24, 2.45) is 0 Å². The maximum atomic E-state index is 12.1. The van der Waals surface area contributed by atoms with E-state index in [2.05, 4.69) is 4.98 Å². The Bertz CT molecular complexity index is 338. The third kappa shape index (κ3) is 2.41. The van der Waals surface area contributed by atoms with Crippen LogP contribution in [0, 0.1) is 0 Å². The fourth-order valence-electron chi connectivity index (χ4n) is 2.18. The summed E-state index contributed by atoms with van der Waals surface area (Å²) in [6.45, 7) is 0.937. The molecule has 4 nitrogen and oxygen atoms in total. The fraction of sp³-hybridized carbons (Fsp3) is 0.636. The number of piperidine rings is 1. The maximum absolute atomic E-state index is 12.1. The molecule has 88 valence electrons. The van der Waals surface area contributed by atoms with Gasteiger partial charge >= 0.3 is 0 Å². The van der Waals surface area contributed by atoms with Gasteiger partial charge in [-0.3, -0.25) is 4.79 Å². The highest BCUT2D eigenvalue weighted by molar-refractivity contribution is 7.07. The standard InChI is InChI=1S/C11H16N2O2S/c14-6-4-9-3-1-2-5-13(9)11(15)10-7-16-8-12-10/h7-9,14H,1-6H2. The highest BCUT2D eigenvalue weighted by Gasteiger charge is 2.27. The summed E-state index contributed by atoms with van der Waals surface area (Å²) in [6, 6.07) is 0.188. The average molecular weight is 240 g/mol. The molecule has 1 saturated heterocycles. The van der Waals surface area contributed by atoms with Crippen molar-refractivity contribution in [2.75, 3.05) is 13.2 Å². The largest absolute Gasteiger partial charge is 0.396 e. The number of aliphatic hydroxyl groups is 1. The van der Waals surface area contributed by atoms with Crippen LogP contribution in [0.2, 0.25) is 0 Å². The van der Waals surface area contributed by atoms with Gasteiger partial charge in [-0.2, -0.15) is 0 Å². The second-order valence-corrected chi connectivity index (χ2v) is 4.75. The van der Waals surface area contributed by atoms with Crippen LogP contribution >= 0.6 is 11.3 Å². The van der Waals surface area contributed by atoms with Crippen molar-refractivity contribution in [1.82, 2.24) is 9.88 Å². The van der Waals surface area contributed by atoms with Gasteiger partial charge in [-0.1, -0.05) is 0 Å². The summed E-state index contributed by atoms with van der Waals surface area (Å²) < 4.78 is 0. The molecule has 5 heteroatoms. The van der Waals surface area contributed by atoms with Crippen molar-refractivity contribution >= 4 is 17.2 Å². The van der Waals surface area contributed by atoms with Crippen LogP contribution in [-0.2, 0) is 0 Å². The van der Waals surface area contributed by atoms with Gasteiger partial charge in [0.15, 0.2) is 0 Å². The predicted molar refractivity (Wildman–Crippen MR) is 62.5 cm³/mol. The topological polar surface area (TPSA) is 53.4 Å². The molecule has 0 aromatic carbocycles. The molecule has 0 aliphatic carbocycles. The molecule has 2 heterocycles. The van der Waals surface area contributed by atoms with Crippen molar-refractivity contribution in [3.05, 3.63) is 16.6 Å². The van der Waals surface area contributed by atoms with E-state index >= 15 is 0 Å². The molecule has 1 N–H and O–H groups in total. The molecule has 1 aliphatic rings. The first-order valence-electron chi connectivity index (χ1n) is 5.63. The number of hydrogen-bond donors (Lipinski definition) is 1. The van der Waals surface area contributed by atoms with E-state index in [9.17, 15) is 4.79 Å². The van der Waals surface area contributed by atoms with E-state index in [0.717, 1.165) is 25.8 Å². The Balaban J connectivity index is 2.08. The van der Waals surface area contributed by atoms with Crippen LogP contribution in [0.5, 0.6) is 0 Å². The summed E-state index contributed by atoms with van der Waals surface area (Å²) in [5.41, 5.74) is 2.22. The lowest BCUT2D eigenvalue weighted by Gasteiger charge is -2.35. The summed E-state index contributed by atoms with van der Waals surface area (Å²) >= 11 is 1.44. The number of aliphatic hydroxyl groups excluding tert-OH is 1. The Kier molecular flexibility index (Phi) is 3.90. The smallest absolute Gasteiger partial charge is 0.273 e. The van der Waals surface area contributed by atoms with Crippen LogP contribution < -0.4 is 0 Å². The molecular weight excluding hydrogens is 224 g/mol. The van der Waals surface area contributed by atoms with Crippen LogP contribution in [-0.4, -0.2) is 40.1 Å². The summed E-state index contributed by atoms with van der Waals surface area (Å²) in [5, 5.41) is 10.8. The molecule has 16 heavy (non-hydrogen) atoms. The maximum Gasteiger partial charge on any atom is 0.273 e. The quantitative estimate of drug-likeness (QED) is 0.871. The molecular formula is C11H16N2O2S. The van der Waals surface area contributed by atoms with Gasteiger partial charge in [0.1, 0.15) is 5.69 Å². The summed E-state index contributed by atoms with van der Waals surface area (Å²) in [5.74, 6) is 0.0133. The monoisotopic (exact) mass is 240 g/mol. The first-order valence-corrected chi connectivity index (χ1v) is 6.57. The van der Waals surface area contributed by atoms with Crippen molar-refractivity contribution in [3.63, 3.8) is 0 Å². The second kappa shape index (κ2) is 5.41. The van der Waals surface area contributed by atoms with Crippen molar-refractivity contribution in [3.8, 4) is 0 Å². The van der Waals surface area contributed by atoms with Crippen LogP contribution in [0.3, 0.4) is 0 Å². The lowest BCUT2D eigenvalue weighted by Crippen LogP contribution is -2.44. The number of thiazole rings is 1. The van der Waals surface area contributed by atoms with E-state index in [0.29, 0.717) is 12.1 Å². The SMILES string of the molecule is O=C(c1cscn1)N1CCCCC1CCO. The molecule has 1 aromatic heterocycles. The minimum absolute atomic E-state index is 0.0133. The summed E-state index contributed by atoms with van der Waals surface area (Å²) in [7, 11) is 0. The van der Waals surface area contributed by atoms with E-state index in [4.69, 9.17) is 5.11 Å². The molecule has 1 fully saturated rings. The number of aromatic nitrogens is 1. The molecule has 1 amide bonds. The van der Waals surface area contributed by atoms with E-state index in [-0.39, 0.29) is 18.6 Å². The minimum atomic E-state index is 0.0133. The average Bonchev–Trinajstić information content (AvgIpc) is 2.83. The zero-order valence-corrected chi connectivity index (χ0v) is 9.95. The number of carbonyl (C=O) groups is 1. The highest BCUT2D eigenvalue weighted by Crippen LogP contribution is 2.21. The van der Waals surface area contributed by atoms with Crippen molar-refractivity contribution < 1.29 is 9.90 Å². The summed E-state index contributed by atoms with van der Waals surface area (Å²) in [4.78, 5) is 18.1. The highest BCUT2D eigenvalue weighted by atomic mass is 32.1.